The SMILES string of the molecule is O=[N+]([O-])c1cc(F)c(Cl)cc1NCCc1ncno1. The number of nitro groups is 1. The van der Waals surface area contributed by atoms with E-state index in [0.717, 1.165) is 6.07 Å². The van der Waals surface area contributed by atoms with Crippen molar-refractivity contribution >= 4 is 23.0 Å². The third-order valence-electron chi connectivity index (χ3n) is 2.30. The van der Waals surface area contributed by atoms with Gasteiger partial charge in [0.1, 0.15) is 11.5 Å². The van der Waals surface area contributed by atoms with Gasteiger partial charge in [-0.15, -0.1) is 0 Å². The van der Waals surface area contributed by atoms with Crippen LogP contribution in [-0.4, -0.2) is 21.6 Å². The Kier molecular flexibility index (Phi) is 3.91. The number of nitrogens with zero attached hydrogens (tertiary/aromatic N) is 3. The Hall–Kier alpha value is -2.22. The highest BCUT2D eigenvalue weighted by atomic mass is 35.5. The molecule has 0 saturated heterocycles. The second-order valence-electron chi connectivity index (χ2n) is 3.55. The first-order chi connectivity index (χ1) is 9.08. The predicted octanol–water partition coefficient (Wildman–Crippen LogP) is 2.42. The van der Waals surface area contributed by atoms with Crippen LogP contribution in [0.15, 0.2) is 23.0 Å². The first-order valence-electron chi connectivity index (χ1n) is 5.21. The highest BCUT2D eigenvalue weighted by Crippen LogP contribution is 2.30. The minimum atomic E-state index is -0.837. The van der Waals surface area contributed by atoms with E-state index in [4.69, 9.17) is 16.1 Å². The molecule has 100 valence electrons. The zero-order valence-electron chi connectivity index (χ0n) is 9.47. The molecule has 0 radical (unpaired) electrons. The first-order valence-corrected chi connectivity index (χ1v) is 5.58. The molecule has 9 heteroatoms. The maximum atomic E-state index is 13.2. The summed E-state index contributed by atoms with van der Waals surface area (Å²) in [7, 11) is 0. The van der Waals surface area contributed by atoms with Crippen molar-refractivity contribution in [3.8, 4) is 0 Å². The van der Waals surface area contributed by atoms with Gasteiger partial charge >= 0.3 is 0 Å². The zero-order chi connectivity index (χ0) is 13.8. The highest BCUT2D eigenvalue weighted by Gasteiger charge is 2.17. The predicted molar refractivity (Wildman–Crippen MR) is 64.6 cm³/mol. The van der Waals surface area contributed by atoms with Gasteiger partial charge in [-0.2, -0.15) is 4.98 Å². The molecule has 0 atom stereocenters. The highest BCUT2D eigenvalue weighted by molar-refractivity contribution is 6.31. The monoisotopic (exact) mass is 286 g/mol. The largest absolute Gasteiger partial charge is 0.379 e. The summed E-state index contributed by atoms with van der Waals surface area (Å²) in [5, 5.41) is 16.8. The van der Waals surface area contributed by atoms with E-state index < -0.39 is 10.7 Å². The number of benzene rings is 1. The summed E-state index contributed by atoms with van der Waals surface area (Å²) in [5.41, 5.74) is -0.247. The van der Waals surface area contributed by atoms with Crippen molar-refractivity contribution in [1.82, 2.24) is 10.1 Å². The Morgan fingerprint density at radius 1 is 1.53 bits per heavy atom. The van der Waals surface area contributed by atoms with Crippen LogP contribution in [0.1, 0.15) is 5.89 Å². The second kappa shape index (κ2) is 5.61. The molecule has 2 aromatic rings. The fraction of sp³-hybridized carbons (Fsp3) is 0.200. The van der Waals surface area contributed by atoms with Crippen LogP contribution < -0.4 is 5.32 Å². The van der Waals surface area contributed by atoms with Gasteiger partial charge in [0.25, 0.3) is 5.69 Å². The van der Waals surface area contributed by atoms with E-state index in [9.17, 15) is 14.5 Å². The molecule has 2 rings (SSSR count). The van der Waals surface area contributed by atoms with E-state index in [0.29, 0.717) is 18.9 Å². The van der Waals surface area contributed by atoms with Crippen molar-refractivity contribution in [1.29, 1.82) is 0 Å². The number of hydrogen-bond donors (Lipinski definition) is 1. The minimum Gasteiger partial charge on any atom is -0.379 e. The Morgan fingerprint density at radius 3 is 2.95 bits per heavy atom. The van der Waals surface area contributed by atoms with Gasteiger partial charge < -0.3 is 9.84 Å². The van der Waals surface area contributed by atoms with E-state index in [2.05, 4.69) is 15.5 Å². The van der Waals surface area contributed by atoms with Gasteiger partial charge in [0.05, 0.1) is 16.0 Å². The lowest BCUT2D eigenvalue weighted by Gasteiger charge is -2.06. The third kappa shape index (κ3) is 3.16. The molecule has 1 N–H and O–H groups in total. The van der Waals surface area contributed by atoms with Crippen molar-refractivity contribution in [2.24, 2.45) is 0 Å². The summed E-state index contributed by atoms with van der Waals surface area (Å²) < 4.78 is 17.9. The number of aromatic nitrogens is 2. The number of halogens is 2. The Balaban J connectivity index is 2.10. The molecule has 0 spiro atoms. The number of rotatable bonds is 5. The quantitative estimate of drug-likeness (QED) is 0.670. The molecule has 1 aromatic heterocycles. The molecule has 0 aliphatic carbocycles. The topological polar surface area (TPSA) is 94.1 Å². The number of anilines is 1. The maximum Gasteiger partial charge on any atom is 0.295 e. The molecule has 0 bridgehead atoms. The molecule has 19 heavy (non-hydrogen) atoms. The minimum absolute atomic E-state index is 0.135. The fourth-order valence-electron chi connectivity index (χ4n) is 1.44. The summed E-state index contributed by atoms with van der Waals surface area (Å²) >= 11 is 5.59. The molecule has 0 unspecified atom stereocenters. The summed E-state index contributed by atoms with van der Waals surface area (Å²) in [6.07, 6.45) is 1.64. The average molecular weight is 287 g/mol. The smallest absolute Gasteiger partial charge is 0.295 e. The van der Waals surface area contributed by atoms with Crippen LogP contribution in [0, 0.1) is 15.9 Å². The van der Waals surface area contributed by atoms with E-state index >= 15 is 0 Å². The average Bonchev–Trinajstić information content (AvgIpc) is 2.86. The molecule has 7 nitrogen and oxygen atoms in total. The second-order valence-corrected chi connectivity index (χ2v) is 3.96. The van der Waals surface area contributed by atoms with Crippen LogP contribution in [-0.2, 0) is 6.42 Å². The summed E-state index contributed by atoms with van der Waals surface area (Å²) in [4.78, 5) is 13.9. The van der Waals surface area contributed by atoms with Crippen LogP contribution in [0.5, 0.6) is 0 Å². The fourth-order valence-corrected chi connectivity index (χ4v) is 1.60. The van der Waals surface area contributed by atoms with E-state index in [1.54, 1.807) is 0 Å². The maximum absolute atomic E-state index is 13.2. The normalized spacial score (nSPS) is 10.4. The molecule has 0 saturated carbocycles. The zero-order valence-corrected chi connectivity index (χ0v) is 10.2. The molecule has 0 aliphatic heterocycles. The van der Waals surface area contributed by atoms with Gasteiger partial charge in [0.15, 0.2) is 6.33 Å². The molecule has 0 aliphatic rings. The summed E-state index contributed by atoms with van der Waals surface area (Å²) in [6.45, 7) is 0.311. The van der Waals surface area contributed by atoms with Gasteiger partial charge in [-0.05, 0) is 6.07 Å². The Bertz CT molecular complexity index is 591. The van der Waals surface area contributed by atoms with Gasteiger partial charge in [-0.3, -0.25) is 10.1 Å². The lowest BCUT2D eigenvalue weighted by molar-refractivity contribution is -0.384. The molecule has 0 amide bonds. The van der Waals surface area contributed by atoms with Gasteiger partial charge in [0, 0.05) is 13.0 Å². The van der Waals surface area contributed by atoms with Crippen molar-refractivity contribution < 1.29 is 13.8 Å². The van der Waals surface area contributed by atoms with Crippen LogP contribution in [0.4, 0.5) is 15.8 Å². The van der Waals surface area contributed by atoms with Crippen LogP contribution in [0.2, 0.25) is 5.02 Å². The van der Waals surface area contributed by atoms with Gasteiger partial charge in [0.2, 0.25) is 5.89 Å². The lowest BCUT2D eigenvalue weighted by Crippen LogP contribution is -2.07. The third-order valence-corrected chi connectivity index (χ3v) is 2.59. The summed E-state index contributed by atoms with van der Waals surface area (Å²) in [6, 6.07) is 1.94. The number of nitro benzene ring substituents is 1. The van der Waals surface area contributed by atoms with E-state index in [1.807, 2.05) is 0 Å². The number of nitrogens with one attached hydrogen (secondary N) is 1. The van der Waals surface area contributed by atoms with Gasteiger partial charge in [-0.25, -0.2) is 4.39 Å². The van der Waals surface area contributed by atoms with Crippen molar-refractivity contribution in [2.45, 2.75) is 6.42 Å². The van der Waals surface area contributed by atoms with E-state index in [-0.39, 0.29) is 16.4 Å². The molecule has 1 heterocycles. The van der Waals surface area contributed by atoms with Crippen molar-refractivity contribution in [3.05, 3.63) is 45.3 Å². The lowest BCUT2D eigenvalue weighted by atomic mass is 10.2. The van der Waals surface area contributed by atoms with Crippen molar-refractivity contribution in [3.63, 3.8) is 0 Å². The summed E-state index contributed by atoms with van der Waals surface area (Å²) in [5.74, 6) is -0.445. The molecule has 0 fully saturated rings. The van der Waals surface area contributed by atoms with Gasteiger partial charge in [-0.1, -0.05) is 16.8 Å². The van der Waals surface area contributed by atoms with Crippen LogP contribution >= 0.6 is 11.6 Å². The standard InChI is InChI=1S/C10H8ClFN4O3/c11-6-3-8(9(16(17)18)4-7(6)12)13-2-1-10-14-5-15-19-10/h3-5,13H,1-2H2. The first kappa shape index (κ1) is 13.2. The Morgan fingerprint density at radius 2 is 2.32 bits per heavy atom. The molecular weight excluding hydrogens is 279 g/mol. The Labute approximate surface area is 111 Å². The van der Waals surface area contributed by atoms with E-state index in [1.165, 1.54) is 12.4 Å². The molecule has 1 aromatic carbocycles. The van der Waals surface area contributed by atoms with Crippen LogP contribution in [0.3, 0.4) is 0 Å². The molecular formula is C10H8ClFN4O3. The number of hydrogen-bond acceptors (Lipinski definition) is 6. The van der Waals surface area contributed by atoms with Crippen LogP contribution in [0.25, 0.3) is 0 Å². The van der Waals surface area contributed by atoms with Crippen molar-refractivity contribution in [2.75, 3.05) is 11.9 Å².